The summed E-state index contributed by atoms with van der Waals surface area (Å²) in [6, 6.07) is 6.91. The molecule has 0 radical (unpaired) electrons. The Morgan fingerprint density at radius 3 is 2.38 bits per heavy atom. The van der Waals surface area contributed by atoms with Crippen molar-refractivity contribution in [3.63, 3.8) is 0 Å². The monoisotopic (exact) mass is 360 g/mol. The van der Waals surface area contributed by atoms with E-state index in [1.54, 1.807) is 29.2 Å². The molecular weight excluding hydrogens is 336 g/mol. The second-order valence-corrected chi connectivity index (χ2v) is 7.00. The number of carbonyl (C=O) groups excluding carboxylic acids is 3. The van der Waals surface area contributed by atoms with Crippen LogP contribution in [0.25, 0.3) is 0 Å². The Bertz CT molecular complexity index is 696. The second-order valence-electron chi connectivity index (χ2n) is 7.00. The number of carboxylic acid groups (broad SMARTS) is 1. The van der Waals surface area contributed by atoms with Crippen LogP contribution in [0.3, 0.4) is 0 Å². The van der Waals surface area contributed by atoms with Crippen molar-refractivity contribution in [2.24, 2.45) is 11.8 Å². The lowest BCUT2D eigenvalue weighted by molar-refractivity contribution is -0.137. The van der Waals surface area contributed by atoms with Crippen LogP contribution < -0.4 is 5.32 Å². The van der Waals surface area contributed by atoms with Crippen LogP contribution >= 0.6 is 0 Å². The first-order valence-corrected chi connectivity index (χ1v) is 8.70. The first kappa shape index (κ1) is 19.6. The normalized spacial score (nSPS) is 16.7. The Labute approximate surface area is 152 Å². The highest BCUT2D eigenvalue weighted by Gasteiger charge is 2.30. The number of amides is 3. The van der Waals surface area contributed by atoms with Crippen molar-refractivity contribution < 1.29 is 24.3 Å². The molecule has 1 heterocycles. The maximum Gasteiger partial charge on any atom is 0.305 e. The summed E-state index contributed by atoms with van der Waals surface area (Å²) in [5.74, 6) is -1.80. The summed E-state index contributed by atoms with van der Waals surface area (Å²) in [5.41, 5.74) is 1.35. The van der Waals surface area contributed by atoms with Gasteiger partial charge in [-0.3, -0.25) is 24.5 Å². The van der Waals surface area contributed by atoms with E-state index in [1.165, 1.54) is 0 Å². The average Bonchev–Trinajstić information content (AvgIpc) is 2.88. The van der Waals surface area contributed by atoms with Crippen molar-refractivity contribution in [2.45, 2.75) is 33.1 Å². The standard InChI is InChI=1S/C19H24N2O5/c1-12(2)11-21(8-7-17(23)24)19(26)14-5-3-13(4-6-14)9-15-10-16(22)20-18(15)25/h3-6,12,15H,7-11H2,1-2H3,(H,23,24)(H,20,22,25). The lowest BCUT2D eigenvalue weighted by Gasteiger charge is -2.24. The molecule has 0 aliphatic carbocycles. The van der Waals surface area contributed by atoms with Crippen molar-refractivity contribution in [3.05, 3.63) is 35.4 Å². The van der Waals surface area contributed by atoms with Crippen LogP contribution in [0, 0.1) is 11.8 Å². The lowest BCUT2D eigenvalue weighted by atomic mass is 9.97. The predicted octanol–water partition coefficient (Wildman–Crippen LogP) is 1.46. The van der Waals surface area contributed by atoms with Gasteiger partial charge in [0.2, 0.25) is 11.8 Å². The molecule has 1 unspecified atom stereocenters. The Morgan fingerprint density at radius 2 is 1.88 bits per heavy atom. The smallest absolute Gasteiger partial charge is 0.305 e. The molecule has 0 saturated carbocycles. The summed E-state index contributed by atoms with van der Waals surface area (Å²) >= 11 is 0. The van der Waals surface area contributed by atoms with E-state index >= 15 is 0 Å². The highest BCUT2D eigenvalue weighted by Crippen LogP contribution is 2.18. The SMILES string of the molecule is CC(C)CN(CCC(=O)O)C(=O)c1ccc(CC2CC(=O)NC2=O)cc1. The molecule has 1 saturated heterocycles. The third-order valence-corrected chi connectivity index (χ3v) is 4.22. The molecule has 7 heteroatoms. The van der Waals surface area contributed by atoms with Gasteiger partial charge in [-0.1, -0.05) is 26.0 Å². The van der Waals surface area contributed by atoms with Crippen LogP contribution in [0.2, 0.25) is 0 Å². The fourth-order valence-corrected chi connectivity index (χ4v) is 2.97. The maximum absolute atomic E-state index is 12.7. The van der Waals surface area contributed by atoms with Gasteiger partial charge in [0.25, 0.3) is 5.91 Å². The van der Waals surface area contributed by atoms with E-state index < -0.39 is 5.97 Å². The average molecular weight is 360 g/mol. The molecule has 26 heavy (non-hydrogen) atoms. The summed E-state index contributed by atoms with van der Waals surface area (Å²) in [4.78, 5) is 47.9. The van der Waals surface area contributed by atoms with Crippen LogP contribution in [-0.2, 0) is 20.8 Å². The van der Waals surface area contributed by atoms with E-state index in [-0.39, 0.29) is 48.9 Å². The van der Waals surface area contributed by atoms with Crippen molar-refractivity contribution >= 4 is 23.7 Å². The number of imide groups is 1. The van der Waals surface area contributed by atoms with Gasteiger partial charge in [0, 0.05) is 25.1 Å². The van der Waals surface area contributed by atoms with Gasteiger partial charge in [-0.2, -0.15) is 0 Å². The zero-order valence-corrected chi connectivity index (χ0v) is 15.0. The third-order valence-electron chi connectivity index (χ3n) is 4.22. The Balaban J connectivity index is 2.04. The minimum atomic E-state index is -0.939. The first-order valence-electron chi connectivity index (χ1n) is 8.70. The van der Waals surface area contributed by atoms with E-state index in [4.69, 9.17) is 5.11 Å². The highest BCUT2D eigenvalue weighted by molar-refractivity contribution is 6.03. The van der Waals surface area contributed by atoms with E-state index in [9.17, 15) is 19.2 Å². The topological polar surface area (TPSA) is 104 Å². The molecule has 0 aromatic heterocycles. The highest BCUT2D eigenvalue weighted by atomic mass is 16.4. The molecule has 1 aromatic rings. The molecular formula is C19H24N2O5. The van der Waals surface area contributed by atoms with Gasteiger partial charge >= 0.3 is 5.97 Å². The third kappa shape index (κ3) is 5.40. The number of nitrogens with zero attached hydrogens (tertiary/aromatic N) is 1. The number of hydrogen-bond acceptors (Lipinski definition) is 4. The molecule has 3 amide bonds. The minimum Gasteiger partial charge on any atom is -0.481 e. The molecule has 1 aliphatic heterocycles. The molecule has 1 atom stereocenters. The van der Waals surface area contributed by atoms with E-state index in [0.717, 1.165) is 5.56 Å². The van der Waals surface area contributed by atoms with E-state index in [0.29, 0.717) is 18.5 Å². The van der Waals surface area contributed by atoms with Crippen LogP contribution in [0.15, 0.2) is 24.3 Å². The van der Waals surface area contributed by atoms with Gasteiger partial charge in [0.05, 0.1) is 12.3 Å². The fraction of sp³-hybridized carbons (Fsp3) is 0.474. The summed E-state index contributed by atoms with van der Waals surface area (Å²) < 4.78 is 0. The summed E-state index contributed by atoms with van der Waals surface area (Å²) in [5, 5.41) is 11.2. The number of nitrogens with one attached hydrogen (secondary N) is 1. The van der Waals surface area contributed by atoms with Crippen molar-refractivity contribution in [1.82, 2.24) is 10.2 Å². The molecule has 2 N–H and O–H groups in total. The lowest BCUT2D eigenvalue weighted by Crippen LogP contribution is -2.36. The second kappa shape index (κ2) is 8.60. The van der Waals surface area contributed by atoms with Crippen molar-refractivity contribution in [1.29, 1.82) is 0 Å². The Hall–Kier alpha value is -2.70. The van der Waals surface area contributed by atoms with Gasteiger partial charge in [-0.15, -0.1) is 0 Å². The molecule has 0 spiro atoms. The number of aliphatic carboxylic acids is 1. The molecule has 1 aliphatic rings. The van der Waals surface area contributed by atoms with E-state index in [1.807, 2.05) is 13.8 Å². The minimum absolute atomic E-state index is 0.0959. The van der Waals surface area contributed by atoms with Gasteiger partial charge in [-0.25, -0.2) is 0 Å². The van der Waals surface area contributed by atoms with Crippen molar-refractivity contribution in [2.75, 3.05) is 13.1 Å². The molecule has 1 fully saturated rings. The van der Waals surface area contributed by atoms with Crippen molar-refractivity contribution in [3.8, 4) is 0 Å². The summed E-state index contributed by atoms with van der Waals surface area (Å²) in [6.07, 6.45) is 0.541. The first-order chi connectivity index (χ1) is 12.3. The quantitative estimate of drug-likeness (QED) is 0.683. The zero-order chi connectivity index (χ0) is 19.3. The van der Waals surface area contributed by atoms with Gasteiger partial charge in [0.1, 0.15) is 0 Å². The number of carboxylic acids is 1. The van der Waals surface area contributed by atoms with Crippen LogP contribution in [0.5, 0.6) is 0 Å². The number of rotatable bonds is 8. The molecule has 140 valence electrons. The Kier molecular flexibility index (Phi) is 6.49. The molecule has 7 nitrogen and oxygen atoms in total. The largest absolute Gasteiger partial charge is 0.481 e. The van der Waals surface area contributed by atoms with E-state index in [2.05, 4.69) is 5.32 Å². The van der Waals surface area contributed by atoms with Gasteiger partial charge < -0.3 is 10.0 Å². The predicted molar refractivity (Wildman–Crippen MR) is 94.4 cm³/mol. The number of benzene rings is 1. The molecule has 2 rings (SSSR count). The summed E-state index contributed by atoms with van der Waals surface area (Å²) in [6.45, 7) is 4.59. The van der Waals surface area contributed by atoms with Crippen LogP contribution in [-0.4, -0.2) is 46.8 Å². The molecule has 0 bridgehead atoms. The maximum atomic E-state index is 12.7. The van der Waals surface area contributed by atoms with Gasteiger partial charge in [-0.05, 0) is 30.0 Å². The van der Waals surface area contributed by atoms with Gasteiger partial charge in [0.15, 0.2) is 0 Å². The number of carbonyl (C=O) groups is 4. The zero-order valence-electron chi connectivity index (χ0n) is 15.0. The fourth-order valence-electron chi connectivity index (χ4n) is 2.97. The van der Waals surface area contributed by atoms with Crippen LogP contribution in [0.1, 0.15) is 42.6 Å². The molecule has 1 aromatic carbocycles. The summed E-state index contributed by atoms with van der Waals surface area (Å²) in [7, 11) is 0. The van der Waals surface area contributed by atoms with Crippen LogP contribution in [0.4, 0.5) is 0 Å². The Morgan fingerprint density at radius 1 is 1.23 bits per heavy atom. The number of hydrogen-bond donors (Lipinski definition) is 2.